The molecule has 3 rings (SSSR count). The normalized spacial score (nSPS) is 25.8. The minimum atomic E-state index is -0.119. The van der Waals surface area contributed by atoms with Crippen molar-refractivity contribution in [2.24, 2.45) is 5.92 Å². The average molecular weight is 261 g/mol. The summed E-state index contributed by atoms with van der Waals surface area (Å²) < 4.78 is 5.37. The van der Waals surface area contributed by atoms with Crippen molar-refractivity contribution in [2.45, 2.75) is 26.3 Å². The monoisotopic (exact) mass is 261 g/mol. The molecule has 2 atom stereocenters. The molecule has 1 aromatic rings. The summed E-state index contributed by atoms with van der Waals surface area (Å²) in [4.78, 5) is 13.7. The van der Waals surface area contributed by atoms with Crippen LogP contribution in [-0.2, 0) is 4.79 Å². The van der Waals surface area contributed by atoms with E-state index in [4.69, 9.17) is 10.5 Å². The first kappa shape index (κ1) is 12.1. The van der Waals surface area contributed by atoms with Crippen molar-refractivity contribution in [1.29, 1.82) is 0 Å². The topological polar surface area (TPSA) is 67.6 Å². The van der Waals surface area contributed by atoms with Gasteiger partial charge in [-0.1, -0.05) is 6.92 Å². The van der Waals surface area contributed by atoms with Gasteiger partial charge in [-0.15, -0.1) is 0 Å². The number of hydrogen-bond donors (Lipinski definition) is 2. The first-order chi connectivity index (χ1) is 9.04. The number of rotatable bonds is 1. The second-order valence-electron chi connectivity index (χ2n) is 5.59. The Morgan fingerprint density at radius 3 is 2.89 bits per heavy atom. The molecule has 2 heterocycles. The lowest BCUT2D eigenvalue weighted by Gasteiger charge is -2.28. The summed E-state index contributed by atoms with van der Waals surface area (Å²) in [5.41, 5.74) is 8.54. The van der Waals surface area contributed by atoms with Crippen molar-refractivity contribution >= 4 is 23.0 Å². The third-order valence-electron chi connectivity index (χ3n) is 3.86. The number of anilines is 3. The van der Waals surface area contributed by atoms with Gasteiger partial charge in [-0.2, -0.15) is 0 Å². The van der Waals surface area contributed by atoms with Crippen LogP contribution < -0.4 is 20.7 Å². The second kappa shape index (κ2) is 4.33. The van der Waals surface area contributed by atoms with E-state index in [1.807, 2.05) is 6.07 Å². The van der Waals surface area contributed by atoms with Crippen LogP contribution >= 0.6 is 0 Å². The number of ether oxygens (including phenoxy) is 1. The minimum absolute atomic E-state index is 0.0585. The molecule has 2 unspecified atom stereocenters. The Kier molecular flexibility index (Phi) is 2.77. The van der Waals surface area contributed by atoms with E-state index in [2.05, 4.69) is 24.1 Å². The summed E-state index contributed by atoms with van der Waals surface area (Å²) >= 11 is 0. The maximum absolute atomic E-state index is 11.4. The molecule has 3 N–H and O–H groups in total. The summed E-state index contributed by atoms with van der Waals surface area (Å²) in [6.45, 7) is 5.51. The number of carbonyl (C=O) groups excluding carboxylic acids is 1. The zero-order chi connectivity index (χ0) is 13.6. The van der Waals surface area contributed by atoms with Gasteiger partial charge in [0.2, 0.25) is 0 Å². The molecule has 0 saturated carbocycles. The molecule has 0 radical (unpaired) electrons. The number of amides is 1. The average Bonchev–Trinajstić information content (AvgIpc) is 2.68. The fourth-order valence-electron chi connectivity index (χ4n) is 3.02. The van der Waals surface area contributed by atoms with Gasteiger partial charge in [0, 0.05) is 18.7 Å². The Morgan fingerprint density at radius 1 is 1.42 bits per heavy atom. The second-order valence-corrected chi connectivity index (χ2v) is 5.59. The van der Waals surface area contributed by atoms with Gasteiger partial charge in [-0.05, 0) is 25.3 Å². The molecular weight excluding hydrogens is 242 g/mol. The Morgan fingerprint density at radius 2 is 2.21 bits per heavy atom. The number of nitrogens with one attached hydrogen (secondary N) is 1. The van der Waals surface area contributed by atoms with Crippen molar-refractivity contribution < 1.29 is 9.53 Å². The summed E-state index contributed by atoms with van der Waals surface area (Å²) in [6, 6.07) is 4.20. The van der Waals surface area contributed by atoms with Crippen molar-refractivity contribution in [2.75, 3.05) is 29.1 Å². The first-order valence-corrected chi connectivity index (χ1v) is 6.67. The van der Waals surface area contributed by atoms with Gasteiger partial charge in [-0.3, -0.25) is 4.79 Å². The van der Waals surface area contributed by atoms with Crippen LogP contribution in [-0.4, -0.2) is 25.1 Å². The van der Waals surface area contributed by atoms with Gasteiger partial charge in [0.05, 0.1) is 17.1 Å². The van der Waals surface area contributed by atoms with E-state index in [1.54, 1.807) is 6.07 Å². The zero-order valence-corrected chi connectivity index (χ0v) is 11.3. The van der Waals surface area contributed by atoms with Gasteiger partial charge >= 0.3 is 0 Å². The number of nitrogen functional groups attached to an aromatic ring is 1. The van der Waals surface area contributed by atoms with E-state index >= 15 is 0 Å². The lowest BCUT2D eigenvalue weighted by molar-refractivity contribution is -0.118. The SMILES string of the molecule is CC1CC(C)N(c2cc3c(cc2N)OCC(=O)N3)C1. The van der Waals surface area contributed by atoms with E-state index in [-0.39, 0.29) is 12.5 Å². The fourth-order valence-corrected chi connectivity index (χ4v) is 3.02. The highest BCUT2D eigenvalue weighted by Crippen LogP contribution is 2.40. The van der Waals surface area contributed by atoms with E-state index in [9.17, 15) is 4.79 Å². The van der Waals surface area contributed by atoms with Crippen LogP contribution in [0.3, 0.4) is 0 Å². The maximum atomic E-state index is 11.4. The van der Waals surface area contributed by atoms with Crippen LogP contribution in [0.5, 0.6) is 5.75 Å². The van der Waals surface area contributed by atoms with Gasteiger partial charge in [0.25, 0.3) is 5.91 Å². The Labute approximate surface area is 112 Å². The smallest absolute Gasteiger partial charge is 0.262 e. The summed E-state index contributed by atoms with van der Waals surface area (Å²) in [5, 5.41) is 2.83. The van der Waals surface area contributed by atoms with Crippen LogP contribution in [0, 0.1) is 5.92 Å². The highest BCUT2D eigenvalue weighted by molar-refractivity contribution is 5.97. The van der Waals surface area contributed by atoms with Crippen LogP contribution in [0.25, 0.3) is 0 Å². The molecule has 2 aliphatic heterocycles. The van der Waals surface area contributed by atoms with Crippen molar-refractivity contribution in [1.82, 2.24) is 0 Å². The minimum Gasteiger partial charge on any atom is -0.482 e. The number of nitrogens with zero attached hydrogens (tertiary/aromatic N) is 1. The van der Waals surface area contributed by atoms with Gasteiger partial charge in [-0.25, -0.2) is 0 Å². The summed E-state index contributed by atoms with van der Waals surface area (Å²) in [6.07, 6.45) is 1.17. The lowest BCUT2D eigenvalue weighted by atomic mass is 10.1. The van der Waals surface area contributed by atoms with Crippen molar-refractivity contribution in [3.8, 4) is 5.75 Å². The quantitative estimate of drug-likeness (QED) is 0.757. The third kappa shape index (κ3) is 2.09. The molecule has 102 valence electrons. The molecule has 2 aliphatic rings. The molecule has 0 aliphatic carbocycles. The van der Waals surface area contributed by atoms with Crippen molar-refractivity contribution in [3.63, 3.8) is 0 Å². The summed E-state index contributed by atoms with van der Waals surface area (Å²) in [7, 11) is 0. The molecule has 1 aromatic carbocycles. The maximum Gasteiger partial charge on any atom is 0.262 e. The van der Waals surface area contributed by atoms with Crippen molar-refractivity contribution in [3.05, 3.63) is 12.1 Å². The van der Waals surface area contributed by atoms with Crippen LogP contribution in [0.1, 0.15) is 20.3 Å². The zero-order valence-electron chi connectivity index (χ0n) is 11.3. The molecule has 5 heteroatoms. The van der Waals surface area contributed by atoms with E-state index in [0.29, 0.717) is 29.1 Å². The van der Waals surface area contributed by atoms with Gasteiger partial charge in [0.15, 0.2) is 6.61 Å². The predicted molar refractivity (Wildman–Crippen MR) is 75.6 cm³/mol. The Hall–Kier alpha value is -1.91. The highest BCUT2D eigenvalue weighted by atomic mass is 16.5. The molecule has 1 saturated heterocycles. The molecule has 19 heavy (non-hydrogen) atoms. The molecule has 5 nitrogen and oxygen atoms in total. The Balaban J connectivity index is 1.98. The van der Waals surface area contributed by atoms with Crippen LogP contribution in [0.15, 0.2) is 12.1 Å². The van der Waals surface area contributed by atoms with Crippen LogP contribution in [0.4, 0.5) is 17.1 Å². The van der Waals surface area contributed by atoms with Crippen LogP contribution in [0.2, 0.25) is 0 Å². The number of hydrogen-bond acceptors (Lipinski definition) is 4. The highest BCUT2D eigenvalue weighted by Gasteiger charge is 2.29. The first-order valence-electron chi connectivity index (χ1n) is 6.67. The molecule has 0 bridgehead atoms. The number of nitrogens with two attached hydrogens (primary N) is 1. The molecule has 0 aromatic heterocycles. The van der Waals surface area contributed by atoms with E-state index in [1.165, 1.54) is 6.42 Å². The largest absolute Gasteiger partial charge is 0.482 e. The molecule has 0 spiro atoms. The lowest BCUT2D eigenvalue weighted by Crippen LogP contribution is -2.29. The number of benzene rings is 1. The van der Waals surface area contributed by atoms with Gasteiger partial charge < -0.3 is 20.7 Å². The standard InChI is InChI=1S/C14H19N3O2/c1-8-3-9(2)17(6-8)12-5-11-13(4-10(12)15)19-7-14(18)16-11/h4-5,8-9H,3,6-7,15H2,1-2H3,(H,16,18). The predicted octanol–water partition coefficient (Wildman–Crippen LogP) is 1.83. The van der Waals surface area contributed by atoms with E-state index in [0.717, 1.165) is 12.2 Å². The Bertz CT molecular complexity index is 530. The number of carbonyl (C=O) groups is 1. The third-order valence-corrected chi connectivity index (χ3v) is 3.86. The number of fused-ring (bicyclic) bond motifs is 1. The molecular formula is C14H19N3O2. The summed E-state index contributed by atoms with van der Waals surface area (Å²) in [5.74, 6) is 1.20. The molecule has 1 amide bonds. The fraction of sp³-hybridized carbons (Fsp3) is 0.500. The van der Waals surface area contributed by atoms with E-state index < -0.39 is 0 Å². The molecule has 1 fully saturated rings. The van der Waals surface area contributed by atoms with Gasteiger partial charge in [0.1, 0.15) is 5.75 Å².